The van der Waals surface area contributed by atoms with Crippen molar-refractivity contribution in [3.8, 4) is 0 Å². The Morgan fingerprint density at radius 2 is 1.74 bits per heavy atom. The highest BCUT2D eigenvalue weighted by Gasteiger charge is 2.42. The number of nitrogens with zero attached hydrogens (tertiary/aromatic N) is 1. The first-order valence-electron chi connectivity index (χ1n) is 7.05. The van der Waals surface area contributed by atoms with E-state index in [1.54, 1.807) is 42.5 Å². The van der Waals surface area contributed by atoms with E-state index in [-0.39, 0.29) is 11.7 Å². The Morgan fingerprint density at radius 1 is 1.09 bits per heavy atom. The summed E-state index contributed by atoms with van der Waals surface area (Å²) in [7, 11) is 0. The van der Waals surface area contributed by atoms with Crippen LogP contribution < -0.4 is 0 Å². The molecule has 1 aliphatic rings. The van der Waals surface area contributed by atoms with Crippen molar-refractivity contribution >= 4 is 23.6 Å². The van der Waals surface area contributed by atoms with Gasteiger partial charge < -0.3 is 10.0 Å². The Bertz CT molecular complexity index is 720. The minimum absolute atomic E-state index is 0.302. The van der Waals surface area contributed by atoms with E-state index >= 15 is 0 Å². The molecule has 0 saturated carbocycles. The van der Waals surface area contributed by atoms with Crippen molar-refractivity contribution in [2.45, 2.75) is 11.4 Å². The SMILES string of the molecule is O=C(O)C1CSC(c2ccc(F)cc2)N1C(=O)c1ccccc1. The second kappa shape index (κ2) is 6.42. The summed E-state index contributed by atoms with van der Waals surface area (Å²) in [6.07, 6.45) is 0. The van der Waals surface area contributed by atoms with Gasteiger partial charge in [0, 0.05) is 11.3 Å². The van der Waals surface area contributed by atoms with E-state index < -0.39 is 17.4 Å². The molecule has 2 atom stereocenters. The van der Waals surface area contributed by atoms with Crippen LogP contribution in [-0.4, -0.2) is 33.7 Å². The van der Waals surface area contributed by atoms with Crippen LogP contribution in [0.25, 0.3) is 0 Å². The topological polar surface area (TPSA) is 57.6 Å². The fraction of sp³-hybridized carbons (Fsp3) is 0.176. The van der Waals surface area contributed by atoms with E-state index in [0.29, 0.717) is 16.9 Å². The van der Waals surface area contributed by atoms with Crippen LogP contribution in [0, 0.1) is 5.82 Å². The van der Waals surface area contributed by atoms with Gasteiger partial charge in [-0.2, -0.15) is 0 Å². The molecular weight excluding hydrogens is 317 g/mol. The molecule has 2 aromatic rings. The molecule has 1 heterocycles. The molecule has 6 heteroatoms. The van der Waals surface area contributed by atoms with Gasteiger partial charge in [-0.15, -0.1) is 11.8 Å². The highest BCUT2D eigenvalue weighted by molar-refractivity contribution is 7.99. The van der Waals surface area contributed by atoms with E-state index in [1.165, 1.54) is 28.8 Å². The third-order valence-electron chi connectivity index (χ3n) is 3.70. The van der Waals surface area contributed by atoms with E-state index in [1.807, 2.05) is 0 Å². The van der Waals surface area contributed by atoms with Crippen molar-refractivity contribution in [1.29, 1.82) is 0 Å². The number of amides is 1. The molecule has 1 N–H and O–H groups in total. The van der Waals surface area contributed by atoms with Gasteiger partial charge in [-0.3, -0.25) is 4.79 Å². The summed E-state index contributed by atoms with van der Waals surface area (Å²) in [6, 6.07) is 13.5. The summed E-state index contributed by atoms with van der Waals surface area (Å²) in [4.78, 5) is 25.7. The number of aliphatic carboxylic acids is 1. The quantitative estimate of drug-likeness (QED) is 0.938. The van der Waals surface area contributed by atoms with Gasteiger partial charge in [0.25, 0.3) is 5.91 Å². The maximum Gasteiger partial charge on any atom is 0.327 e. The number of carboxylic acids is 1. The number of thioether (sulfide) groups is 1. The summed E-state index contributed by atoms with van der Waals surface area (Å²) in [5, 5.41) is 8.98. The van der Waals surface area contributed by atoms with E-state index in [0.717, 1.165) is 0 Å². The molecule has 1 amide bonds. The van der Waals surface area contributed by atoms with Gasteiger partial charge in [0.1, 0.15) is 17.2 Å². The number of carbonyl (C=O) groups is 2. The van der Waals surface area contributed by atoms with Crippen LogP contribution in [0.4, 0.5) is 4.39 Å². The monoisotopic (exact) mass is 331 g/mol. The lowest BCUT2D eigenvalue weighted by Crippen LogP contribution is -2.42. The van der Waals surface area contributed by atoms with Crippen LogP contribution in [0.15, 0.2) is 54.6 Å². The number of hydrogen-bond acceptors (Lipinski definition) is 3. The minimum atomic E-state index is -1.04. The Balaban J connectivity index is 1.97. The molecule has 1 fully saturated rings. The Labute approximate surface area is 136 Å². The molecule has 0 aliphatic carbocycles. The fourth-order valence-electron chi connectivity index (χ4n) is 2.56. The molecule has 0 radical (unpaired) electrons. The van der Waals surface area contributed by atoms with Crippen molar-refractivity contribution in [3.05, 3.63) is 71.5 Å². The smallest absolute Gasteiger partial charge is 0.327 e. The second-order valence-electron chi connectivity index (χ2n) is 5.17. The number of rotatable bonds is 3. The molecule has 23 heavy (non-hydrogen) atoms. The Morgan fingerprint density at radius 3 is 2.35 bits per heavy atom. The van der Waals surface area contributed by atoms with Crippen LogP contribution >= 0.6 is 11.8 Å². The first-order chi connectivity index (χ1) is 11.1. The van der Waals surface area contributed by atoms with Gasteiger partial charge in [0.15, 0.2) is 0 Å². The lowest BCUT2D eigenvalue weighted by Gasteiger charge is -2.27. The van der Waals surface area contributed by atoms with Crippen molar-refractivity contribution in [2.24, 2.45) is 0 Å². The van der Waals surface area contributed by atoms with E-state index in [4.69, 9.17) is 0 Å². The van der Waals surface area contributed by atoms with Gasteiger partial charge in [0.05, 0.1) is 0 Å². The number of hydrogen-bond donors (Lipinski definition) is 1. The van der Waals surface area contributed by atoms with E-state index in [2.05, 4.69) is 0 Å². The maximum atomic E-state index is 13.1. The molecule has 0 bridgehead atoms. The highest BCUT2D eigenvalue weighted by Crippen LogP contribution is 2.42. The van der Waals surface area contributed by atoms with Crippen molar-refractivity contribution < 1.29 is 19.1 Å². The summed E-state index contributed by atoms with van der Waals surface area (Å²) in [5.74, 6) is -1.44. The first-order valence-corrected chi connectivity index (χ1v) is 8.10. The zero-order chi connectivity index (χ0) is 16.4. The van der Waals surface area contributed by atoms with Gasteiger partial charge in [0.2, 0.25) is 0 Å². The molecule has 2 unspecified atom stereocenters. The van der Waals surface area contributed by atoms with Crippen LogP contribution in [0.5, 0.6) is 0 Å². The molecule has 1 aliphatic heterocycles. The summed E-state index contributed by atoms with van der Waals surface area (Å²) < 4.78 is 13.1. The normalized spacial score (nSPS) is 20.5. The third kappa shape index (κ3) is 3.07. The van der Waals surface area contributed by atoms with Gasteiger partial charge >= 0.3 is 5.97 Å². The van der Waals surface area contributed by atoms with Crippen molar-refractivity contribution in [3.63, 3.8) is 0 Å². The minimum Gasteiger partial charge on any atom is -0.480 e. The lowest BCUT2D eigenvalue weighted by atomic mass is 10.1. The summed E-state index contributed by atoms with van der Waals surface area (Å²) in [6.45, 7) is 0. The number of benzene rings is 2. The van der Waals surface area contributed by atoms with Crippen molar-refractivity contribution in [2.75, 3.05) is 5.75 Å². The predicted octanol–water partition coefficient (Wildman–Crippen LogP) is 3.17. The zero-order valence-electron chi connectivity index (χ0n) is 12.1. The molecular formula is C17H14FNO3S. The molecule has 0 aromatic heterocycles. The van der Waals surface area contributed by atoms with Crippen molar-refractivity contribution in [1.82, 2.24) is 4.90 Å². The summed E-state index contributed by atoms with van der Waals surface area (Å²) in [5.41, 5.74) is 1.15. The van der Waals surface area contributed by atoms with Gasteiger partial charge in [-0.25, -0.2) is 9.18 Å². The standard InChI is InChI=1S/C17H14FNO3S/c18-13-8-6-12(7-9-13)16-19(14(10-23-16)17(21)22)15(20)11-4-2-1-3-5-11/h1-9,14,16H,10H2,(H,21,22). The Hall–Kier alpha value is -2.34. The fourth-order valence-corrected chi connectivity index (χ4v) is 3.98. The Kier molecular flexibility index (Phi) is 4.34. The second-order valence-corrected chi connectivity index (χ2v) is 6.28. The van der Waals surface area contributed by atoms with Crippen LogP contribution in [0.1, 0.15) is 21.3 Å². The van der Waals surface area contributed by atoms with Gasteiger partial charge in [-0.05, 0) is 29.8 Å². The number of carbonyl (C=O) groups excluding carboxylic acids is 1. The molecule has 4 nitrogen and oxygen atoms in total. The largest absolute Gasteiger partial charge is 0.480 e. The lowest BCUT2D eigenvalue weighted by molar-refractivity contribution is -0.141. The molecule has 1 saturated heterocycles. The highest BCUT2D eigenvalue weighted by atomic mass is 32.2. The van der Waals surface area contributed by atoms with Gasteiger partial charge in [-0.1, -0.05) is 30.3 Å². The van der Waals surface area contributed by atoms with Crippen LogP contribution in [-0.2, 0) is 4.79 Å². The average molecular weight is 331 g/mol. The van der Waals surface area contributed by atoms with Crippen LogP contribution in [0.3, 0.4) is 0 Å². The molecule has 2 aromatic carbocycles. The number of halogens is 1. The molecule has 118 valence electrons. The first kappa shape index (κ1) is 15.6. The third-order valence-corrected chi connectivity index (χ3v) is 5.02. The zero-order valence-corrected chi connectivity index (χ0v) is 12.9. The molecule has 0 spiro atoms. The van der Waals surface area contributed by atoms with E-state index in [9.17, 15) is 19.1 Å². The average Bonchev–Trinajstić information content (AvgIpc) is 3.01. The maximum absolute atomic E-state index is 13.1. The summed E-state index contributed by atoms with van der Waals surface area (Å²) >= 11 is 1.37. The molecule has 3 rings (SSSR count). The van der Waals surface area contributed by atoms with Crippen LogP contribution in [0.2, 0.25) is 0 Å². The predicted molar refractivity (Wildman–Crippen MR) is 85.6 cm³/mol. The number of carboxylic acid groups (broad SMARTS) is 1.